The molecule has 2 aromatic carbocycles. The fourth-order valence-electron chi connectivity index (χ4n) is 2.35. The second-order valence-electron chi connectivity index (χ2n) is 4.63. The van der Waals surface area contributed by atoms with E-state index in [2.05, 4.69) is 0 Å². The maximum atomic E-state index is 12.4. The van der Waals surface area contributed by atoms with Gasteiger partial charge in [-0.2, -0.15) is 0 Å². The molecule has 0 N–H and O–H groups in total. The highest BCUT2D eigenvalue weighted by molar-refractivity contribution is 8.02. The van der Waals surface area contributed by atoms with E-state index in [0.29, 0.717) is 0 Å². The molecule has 0 saturated heterocycles. The first-order chi connectivity index (χ1) is 10.4. The maximum absolute atomic E-state index is 12.4. The van der Waals surface area contributed by atoms with E-state index in [1.54, 1.807) is 24.3 Å². The van der Waals surface area contributed by atoms with Crippen LogP contribution in [-0.4, -0.2) is 19.1 Å². The highest BCUT2D eigenvalue weighted by Gasteiger charge is 2.46. The Balaban J connectivity index is 2.27. The van der Waals surface area contributed by atoms with Crippen molar-refractivity contribution >= 4 is 20.5 Å². The number of benzene rings is 2. The zero-order valence-corrected chi connectivity index (χ0v) is 11.9. The third-order valence-corrected chi connectivity index (χ3v) is 5.22. The van der Waals surface area contributed by atoms with Gasteiger partial charge in [0.2, 0.25) is 9.84 Å². The minimum atomic E-state index is -3.96. The third-order valence-electron chi connectivity index (χ3n) is 3.34. The molecule has 7 heteroatoms. The summed E-state index contributed by atoms with van der Waals surface area (Å²) >= 11 is 0. The van der Waals surface area contributed by atoms with Gasteiger partial charge in [0.25, 0.3) is 5.78 Å². The largest absolute Gasteiger partial charge is 0.336 e. The Morgan fingerprint density at radius 1 is 0.955 bits per heavy atom. The van der Waals surface area contributed by atoms with Crippen molar-refractivity contribution < 1.29 is 18.1 Å². The number of allylic oxidation sites excluding steroid dienone is 1. The lowest BCUT2D eigenvalue weighted by molar-refractivity contribution is -0.415. The standard InChI is InChI=1S/C15H9NO5S/c17-14(10-6-2-1-3-7-10)13(16(18)19)15-11-8-4-5-9-12(11)22(15,20)21/h1-9H. The molecule has 0 amide bonds. The summed E-state index contributed by atoms with van der Waals surface area (Å²) in [5.41, 5.74) is -0.635. The van der Waals surface area contributed by atoms with Gasteiger partial charge in [-0.25, -0.2) is 8.42 Å². The van der Waals surface area contributed by atoms with E-state index >= 15 is 0 Å². The maximum Gasteiger partial charge on any atom is 0.336 e. The summed E-state index contributed by atoms with van der Waals surface area (Å²) in [6.45, 7) is 0. The van der Waals surface area contributed by atoms with E-state index in [9.17, 15) is 23.3 Å². The van der Waals surface area contributed by atoms with Gasteiger partial charge >= 0.3 is 5.70 Å². The van der Waals surface area contributed by atoms with Crippen LogP contribution in [0.2, 0.25) is 0 Å². The second-order valence-corrected chi connectivity index (χ2v) is 6.48. The van der Waals surface area contributed by atoms with Crippen LogP contribution in [0.3, 0.4) is 0 Å². The van der Waals surface area contributed by atoms with Gasteiger partial charge in [0.15, 0.2) is 4.91 Å². The van der Waals surface area contributed by atoms with E-state index in [1.165, 1.54) is 30.3 Å². The predicted molar refractivity (Wildman–Crippen MR) is 78.3 cm³/mol. The normalized spacial score (nSPS) is 17.1. The summed E-state index contributed by atoms with van der Waals surface area (Å²) in [5, 5.41) is 11.3. The number of rotatable bonds is 3. The quantitative estimate of drug-likeness (QED) is 0.375. The summed E-state index contributed by atoms with van der Waals surface area (Å²) in [4.78, 5) is 22.2. The lowest BCUT2D eigenvalue weighted by Crippen LogP contribution is -2.25. The molecule has 22 heavy (non-hydrogen) atoms. The van der Waals surface area contributed by atoms with Crippen LogP contribution in [0.15, 0.2) is 65.2 Å². The molecule has 0 radical (unpaired) electrons. The number of Topliss-reactive ketones (excluding diaryl/α,β-unsaturated/α-hetero) is 1. The highest BCUT2D eigenvalue weighted by atomic mass is 32.2. The first kappa shape index (κ1) is 14.2. The summed E-state index contributed by atoms with van der Waals surface area (Å²) < 4.78 is 24.4. The topological polar surface area (TPSA) is 94.3 Å². The molecule has 0 aliphatic carbocycles. The van der Waals surface area contributed by atoms with Crippen molar-refractivity contribution in [1.29, 1.82) is 0 Å². The van der Waals surface area contributed by atoms with Crippen molar-refractivity contribution in [3.05, 3.63) is 81.5 Å². The van der Waals surface area contributed by atoms with E-state index < -0.39 is 31.1 Å². The monoisotopic (exact) mass is 315 g/mol. The molecule has 0 atom stereocenters. The molecule has 0 unspecified atom stereocenters. The van der Waals surface area contributed by atoms with Crippen molar-refractivity contribution in [1.82, 2.24) is 0 Å². The smallest absolute Gasteiger partial charge is 0.281 e. The van der Waals surface area contributed by atoms with Gasteiger partial charge in [0, 0.05) is 11.1 Å². The van der Waals surface area contributed by atoms with E-state index in [-0.39, 0.29) is 16.0 Å². The number of hydrogen-bond acceptors (Lipinski definition) is 5. The number of ketones is 1. The first-order valence-corrected chi connectivity index (χ1v) is 7.76. The van der Waals surface area contributed by atoms with Crippen molar-refractivity contribution in [2.75, 3.05) is 0 Å². The molecule has 0 bridgehead atoms. The number of fused-ring (bicyclic) bond motifs is 1. The van der Waals surface area contributed by atoms with Gasteiger partial charge in [-0.1, -0.05) is 48.5 Å². The van der Waals surface area contributed by atoms with Crippen molar-refractivity contribution in [3.63, 3.8) is 0 Å². The average Bonchev–Trinajstić information content (AvgIpc) is 2.52. The molecule has 2 aromatic rings. The van der Waals surface area contributed by atoms with Crippen LogP contribution < -0.4 is 0 Å². The molecule has 0 aromatic heterocycles. The Morgan fingerprint density at radius 3 is 2.18 bits per heavy atom. The molecule has 1 aliphatic heterocycles. The van der Waals surface area contributed by atoms with Crippen molar-refractivity contribution in [2.45, 2.75) is 4.90 Å². The van der Waals surface area contributed by atoms with Gasteiger partial charge in [-0.05, 0) is 6.07 Å². The van der Waals surface area contributed by atoms with Gasteiger partial charge in [-0.3, -0.25) is 14.9 Å². The van der Waals surface area contributed by atoms with Gasteiger partial charge in [-0.15, -0.1) is 0 Å². The van der Waals surface area contributed by atoms with Crippen LogP contribution in [-0.2, 0) is 9.84 Å². The SMILES string of the molecule is O=C(C(=C1c2ccccc2S1(=O)=O)[N+](=O)[O-])c1ccccc1. The number of hydrogen-bond donors (Lipinski definition) is 0. The van der Waals surface area contributed by atoms with Gasteiger partial charge < -0.3 is 0 Å². The molecular weight excluding hydrogens is 306 g/mol. The van der Waals surface area contributed by atoms with Crippen LogP contribution in [0, 0.1) is 10.1 Å². The summed E-state index contributed by atoms with van der Waals surface area (Å²) in [7, 11) is -3.96. The number of nitrogens with zero attached hydrogens (tertiary/aromatic N) is 1. The zero-order chi connectivity index (χ0) is 15.9. The van der Waals surface area contributed by atoms with Gasteiger partial charge in [0.1, 0.15) is 0 Å². The number of carbonyl (C=O) groups is 1. The summed E-state index contributed by atoms with van der Waals surface area (Å²) in [6, 6.07) is 13.5. The fourth-order valence-corrected chi connectivity index (χ4v) is 4.02. The van der Waals surface area contributed by atoms with Crippen LogP contribution >= 0.6 is 0 Å². The number of sulfone groups is 1. The Labute approximate surface area is 125 Å². The Bertz CT molecular complexity index is 929. The number of carbonyl (C=O) groups excluding carboxylic acids is 1. The molecule has 0 spiro atoms. The third kappa shape index (κ3) is 1.94. The van der Waals surface area contributed by atoms with E-state index in [1.807, 2.05) is 0 Å². The lowest BCUT2D eigenvalue weighted by atomic mass is 10.1. The predicted octanol–water partition coefficient (Wildman–Crippen LogP) is 2.30. The average molecular weight is 315 g/mol. The number of nitro groups is 1. The van der Waals surface area contributed by atoms with E-state index in [0.717, 1.165) is 0 Å². The van der Waals surface area contributed by atoms with Crippen LogP contribution in [0.4, 0.5) is 0 Å². The fraction of sp³-hybridized carbons (Fsp3) is 0. The molecule has 110 valence electrons. The van der Waals surface area contributed by atoms with Crippen molar-refractivity contribution in [2.24, 2.45) is 0 Å². The zero-order valence-electron chi connectivity index (χ0n) is 11.1. The lowest BCUT2D eigenvalue weighted by Gasteiger charge is -2.21. The first-order valence-electron chi connectivity index (χ1n) is 6.27. The molecule has 0 saturated carbocycles. The Kier molecular flexibility index (Phi) is 3.14. The van der Waals surface area contributed by atoms with Crippen molar-refractivity contribution in [3.8, 4) is 0 Å². The van der Waals surface area contributed by atoms with Crippen LogP contribution in [0.25, 0.3) is 4.91 Å². The highest BCUT2D eigenvalue weighted by Crippen LogP contribution is 2.44. The molecule has 3 rings (SSSR count). The molecule has 1 heterocycles. The minimum Gasteiger partial charge on any atom is -0.281 e. The van der Waals surface area contributed by atoms with E-state index in [4.69, 9.17) is 0 Å². The second kappa shape index (κ2) is 4.88. The Hall–Kier alpha value is -2.80. The molecule has 0 fully saturated rings. The molecular formula is C15H9NO5S. The van der Waals surface area contributed by atoms with Crippen LogP contribution in [0.5, 0.6) is 0 Å². The summed E-state index contributed by atoms with van der Waals surface area (Å²) in [6.07, 6.45) is 0. The Morgan fingerprint density at radius 2 is 1.55 bits per heavy atom. The minimum absolute atomic E-state index is 0.00483. The molecule has 6 nitrogen and oxygen atoms in total. The van der Waals surface area contributed by atoms with Gasteiger partial charge in [0.05, 0.1) is 9.82 Å². The molecule has 1 aliphatic rings. The summed E-state index contributed by atoms with van der Waals surface area (Å²) in [5.74, 6) is -0.918. The van der Waals surface area contributed by atoms with Crippen LogP contribution in [0.1, 0.15) is 15.9 Å².